The Kier molecular flexibility index (Phi) is 6.21. The van der Waals surface area contributed by atoms with Gasteiger partial charge in [0.15, 0.2) is 5.82 Å². The molecule has 0 saturated carbocycles. The van der Waals surface area contributed by atoms with Crippen LogP contribution in [0.1, 0.15) is 44.6 Å². The van der Waals surface area contributed by atoms with Gasteiger partial charge in [-0.2, -0.15) is 0 Å². The third-order valence-electron chi connectivity index (χ3n) is 4.02. The molecule has 0 spiro atoms. The Balaban J connectivity index is 2.08. The zero-order chi connectivity index (χ0) is 16.8. The molecular weight excluding hydrogens is 292 g/mol. The van der Waals surface area contributed by atoms with E-state index in [-0.39, 0.29) is 5.97 Å². The topological polar surface area (TPSA) is 50.6 Å². The molecule has 1 aromatic rings. The Hall–Kier alpha value is -1.82. The average molecular weight is 320 g/mol. The molecule has 128 valence electrons. The molecule has 0 saturated heterocycles. The molecule has 1 aliphatic heterocycles. The van der Waals surface area contributed by atoms with Gasteiger partial charge in [0.2, 0.25) is 0 Å². The third-order valence-corrected chi connectivity index (χ3v) is 4.02. The number of esters is 1. The summed E-state index contributed by atoms with van der Waals surface area (Å²) in [6.07, 6.45) is 6.26. The standard InChI is InChI=1S/C17H28N4O2/c1-5-7-11-23-16(22)9-8-15-18-17-14(20(15)4)12-21(10-6-2)13-19(17)3/h8-9H,5-7,10-13H2,1-4H3/b9-8+. The summed E-state index contributed by atoms with van der Waals surface area (Å²) in [7, 11) is 4.05. The molecule has 0 atom stereocenters. The Bertz CT molecular complexity index is 565. The Morgan fingerprint density at radius 3 is 2.78 bits per heavy atom. The molecule has 2 heterocycles. The van der Waals surface area contributed by atoms with E-state index in [1.165, 1.54) is 11.8 Å². The Morgan fingerprint density at radius 1 is 1.30 bits per heavy atom. The summed E-state index contributed by atoms with van der Waals surface area (Å²) in [6, 6.07) is 0. The number of hydrogen-bond donors (Lipinski definition) is 0. The molecule has 6 nitrogen and oxygen atoms in total. The Labute approximate surface area is 138 Å². The van der Waals surface area contributed by atoms with Crippen LogP contribution < -0.4 is 4.90 Å². The number of ether oxygens (including phenoxy) is 1. The molecule has 0 bridgehead atoms. The highest BCUT2D eigenvalue weighted by Crippen LogP contribution is 2.26. The fraction of sp³-hybridized carbons (Fsp3) is 0.647. The van der Waals surface area contributed by atoms with Crippen molar-refractivity contribution >= 4 is 17.9 Å². The molecule has 0 radical (unpaired) electrons. The second-order valence-corrected chi connectivity index (χ2v) is 6.05. The molecule has 23 heavy (non-hydrogen) atoms. The van der Waals surface area contributed by atoms with Gasteiger partial charge in [0.25, 0.3) is 0 Å². The van der Waals surface area contributed by atoms with E-state index in [1.54, 1.807) is 6.08 Å². The van der Waals surface area contributed by atoms with Crippen LogP contribution in [0.25, 0.3) is 6.08 Å². The minimum Gasteiger partial charge on any atom is -0.463 e. The van der Waals surface area contributed by atoms with Crippen LogP contribution in [0.5, 0.6) is 0 Å². The third kappa shape index (κ3) is 4.34. The predicted molar refractivity (Wildman–Crippen MR) is 92.1 cm³/mol. The first-order chi connectivity index (χ1) is 11.1. The molecule has 0 aliphatic carbocycles. The van der Waals surface area contributed by atoms with Crippen LogP contribution in [0.3, 0.4) is 0 Å². The van der Waals surface area contributed by atoms with Gasteiger partial charge in [0, 0.05) is 26.7 Å². The molecule has 1 aromatic heterocycles. The Morgan fingerprint density at radius 2 is 2.09 bits per heavy atom. The maximum absolute atomic E-state index is 11.7. The van der Waals surface area contributed by atoms with Crippen LogP contribution in [0.15, 0.2) is 6.08 Å². The van der Waals surface area contributed by atoms with Crippen molar-refractivity contribution in [3.8, 4) is 0 Å². The van der Waals surface area contributed by atoms with E-state index in [2.05, 4.69) is 40.2 Å². The summed E-state index contributed by atoms with van der Waals surface area (Å²) in [5.74, 6) is 1.48. The van der Waals surface area contributed by atoms with Crippen LogP contribution in [-0.4, -0.2) is 47.3 Å². The summed E-state index contributed by atoms with van der Waals surface area (Å²) >= 11 is 0. The summed E-state index contributed by atoms with van der Waals surface area (Å²) in [5, 5.41) is 0. The number of carbonyl (C=O) groups is 1. The summed E-state index contributed by atoms with van der Waals surface area (Å²) in [4.78, 5) is 20.9. The predicted octanol–water partition coefficient (Wildman–Crippen LogP) is 2.40. The van der Waals surface area contributed by atoms with Crippen LogP contribution in [0.2, 0.25) is 0 Å². The number of imidazole rings is 1. The van der Waals surface area contributed by atoms with Crippen molar-refractivity contribution in [1.82, 2.24) is 14.5 Å². The number of rotatable bonds is 7. The van der Waals surface area contributed by atoms with Crippen LogP contribution in [0.4, 0.5) is 5.82 Å². The number of unbranched alkanes of at least 4 members (excludes halogenated alkanes) is 1. The number of hydrogen-bond acceptors (Lipinski definition) is 5. The van der Waals surface area contributed by atoms with Gasteiger partial charge in [-0.1, -0.05) is 20.3 Å². The number of nitrogens with zero attached hydrogens (tertiary/aromatic N) is 4. The normalized spacial score (nSPS) is 15.2. The van der Waals surface area contributed by atoms with E-state index in [0.717, 1.165) is 50.7 Å². The maximum Gasteiger partial charge on any atom is 0.330 e. The molecule has 2 rings (SSSR count). The van der Waals surface area contributed by atoms with Gasteiger partial charge in [0.1, 0.15) is 5.82 Å². The first-order valence-corrected chi connectivity index (χ1v) is 8.40. The molecule has 0 aromatic carbocycles. The van der Waals surface area contributed by atoms with Gasteiger partial charge >= 0.3 is 5.97 Å². The fourth-order valence-corrected chi connectivity index (χ4v) is 2.77. The summed E-state index contributed by atoms with van der Waals surface area (Å²) in [6.45, 7) is 7.60. The van der Waals surface area contributed by atoms with Gasteiger partial charge in [0.05, 0.1) is 19.0 Å². The van der Waals surface area contributed by atoms with Crippen molar-refractivity contribution in [2.75, 3.05) is 31.8 Å². The molecule has 0 amide bonds. The molecule has 6 heteroatoms. The fourth-order valence-electron chi connectivity index (χ4n) is 2.77. The van der Waals surface area contributed by atoms with Gasteiger partial charge in [-0.3, -0.25) is 4.90 Å². The number of anilines is 1. The van der Waals surface area contributed by atoms with Crippen LogP contribution >= 0.6 is 0 Å². The molecule has 1 aliphatic rings. The minimum absolute atomic E-state index is 0.305. The molecule has 0 unspecified atom stereocenters. The van der Waals surface area contributed by atoms with Crippen molar-refractivity contribution in [2.24, 2.45) is 7.05 Å². The SMILES string of the molecule is CCCCOC(=O)/C=C/c1nc2c(n1C)CN(CCC)CN2C. The molecular formula is C17H28N4O2. The van der Waals surface area contributed by atoms with Crippen molar-refractivity contribution in [1.29, 1.82) is 0 Å². The van der Waals surface area contributed by atoms with Crippen molar-refractivity contribution in [2.45, 2.75) is 39.7 Å². The zero-order valence-electron chi connectivity index (χ0n) is 14.7. The molecule has 0 fully saturated rings. The lowest BCUT2D eigenvalue weighted by molar-refractivity contribution is -0.137. The number of fused-ring (bicyclic) bond motifs is 1. The number of carbonyl (C=O) groups excluding carboxylic acids is 1. The van der Waals surface area contributed by atoms with Gasteiger partial charge in [-0.05, 0) is 25.5 Å². The lowest BCUT2D eigenvalue weighted by atomic mass is 10.3. The van der Waals surface area contributed by atoms with Gasteiger partial charge < -0.3 is 14.2 Å². The van der Waals surface area contributed by atoms with E-state index >= 15 is 0 Å². The lowest BCUT2D eigenvalue weighted by Crippen LogP contribution is -2.41. The second kappa shape index (κ2) is 8.15. The monoisotopic (exact) mass is 320 g/mol. The van der Waals surface area contributed by atoms with E-state index in [0.29, 0.717) is 6.61 Å². The summed E-state index contributed by atoms with van der Waals surface area (Å²) < 4.78 is 7.19. The maximum atomic E-state index is 11.7. The van der Waals surface area contributed by atoms with Crippen LogP contribution in [0, 0.1) is 0 Å². The van der Waals surface area contributed by atoms with E-state index in [1.807, 2.05) is 7.05 Å². The lowest BCUT2D eigenvalue weighted by Gasteiger charge is -2.33. The summed E-state index contributed by atoms with van der Waals surface area (Å²) in [5.41, 5.74) is 1.19. The van der Waals surface area contributed by atoms with E-state index in [4.69, 9.17) is 4.74 Å². The quantitative estimate of drug-likeness (QED) is 0.439. The minimum atomic E-state index is -0.305. The second-order valence-electron chi connectivity index (χ2n) is 6.05. The first-order valence-electron chi connectivity index (χ1n) is 8.40. The molecule has 0 N–H and O–H groups in total. The number of aromatic nitrogens is 2. The first kappa shape index (κ1) is 17.5. The van der Waals surface area contributed by atoms with E-state index < -0.39 is 0 Å². The van der Waals surface area contributed by atoms with Crippen LogP contribution in [-0.2, 0) is 23.1 Å². The van der Waals surface area contributed by atoms with E-state index in [9.17, 15) is 4.79 Å². The van der Waals surface area contributed by atoms with Crippen molar-refractivity contribution < 1.29 is 9.53 Å². The zero-order valence-corrected chi connectivity index (χ0v) is 14.7. The highest BCUT2D eigenvalue weighted by atomic mass is 16.5. The van der Waals surface area contributed by atoms with Crippen molar-refractivity contribution in [3.63, 3.8) is 0 Å². The van der Waals surface area contributed by atoms with Gasteiger partial charge in [-0.15, -0.1) is 0 Å². The average Bonchev–Trinajstić information content (AvgIpc) is 2.83. The smallest absolute Gasteiger partial charge is 0.330 e. The largest absolute Gasteiger partial charge is 0.463 e. The highest BCUT2D eigenvalue weighted by Gasteiger charge is 2.25. The van der Waals surface area contributed by atoms with Gasteiger partial charge in [-0.25, -0.2) is 9.78 Å². The highest BCUT2D eigenvalue weighted by molar-refractivity contribution is 5.86. The van der Waals surface area contributed by atoms with Crippen molar-refractivity contribution in [3.05, 3.63) is 17.6 Å².